The van der Waals surface area contributed by atoms with E-state index >= 15 is 0 Å². The third-order valence-electron chi connectivity index (χ3n) is 2.41. The van der Waals surface area contributed by atoms with Crippen molar-refractivity contribution in [3.63, 3.8) is 0 Å². The average Bonchev–Trinajstić information content (AvgIpc) is 2.31. The van der Waals surface area contributed by atoms with Gasteiger partial charge in [-0.1, -0.05) is 18.5 Å². The maximum Gasteiger partial charge on any atom is 0.166 e. The smallest absolute Gasteiger partial charge is 0.166 e. The summed E-state index contributed by atoms with van der Waals surface area (Å²) in [5.74, 6) is 1.46. The fourth-order valence-electron chi connectivity index (χ4n) is 1.67. The Labute approximate surface area is 114 Å². The molecule has 0 aliphatic heterocycles. The summed E-state index contributed by atoms with van der Waals surface area (Å²) in [5.41, 5.74) is 1.03. The molecule has 18 heavy (non-hydrogen) atoms. The van der Waals surface area contributed by atoms with Crippen molar-refractivity contribution in [3.8, 4) is 11.5 Å². The van der Waals surface area contributed by atoms with Crippen LogP contribution in [0, 0.1) is 0 Å². The molecule has 0 radical (unpaired) electrons. The lowest BCUT2D eigenvalue weighted by Crippen LogP contribution is -2.16. The van der Waals surface area contributed by atoms with E-state index in [4.69, 9.17) is 21.1 Å². The Morgan fingerprint density at radius 3 is 2.61 bits per heavy atom. The Morgan fingerprint density at radius 2 is 2.06 bits per heavy atom. The molecule has 1 aromatic carbocycles. The highest BCUT2D eigenvalue weighted by atomic mass is 35.5. The van der Waals surface area contributed by atoms with Crippen molar-refractivity contribution in [3.05, 3.63) is 22.7 Å². The van der Waals surface area contributed by atoms with E-state index < -0.39 is 0 Å². The molecular formula is C14H22ClNO2. The van der Waals surface area contributed by atoms with Crippen molar-refractivity contribution >= 4 is 11.6 Å². The molecule has 0 saturated heterocycles. The van der Waals surface area contributed by atoms with Gasteiger partial charge < -0.3 is 14.8 Å². The van der Waals surface area contributed by atoms with Crippen LogP contribution in [0.4, 0.5) is 0 Å². The maximum absolute atomic E-state index is 6.09. The molecule has 1 rings (SSSR count). The molecule has 0 saturated carbocycles. The zero-order chi connectivity index (χ0) is 13.5. The zero-order valence-corrected chi connectivity index (χ0v) is 12.3. The van der Waals surface area contributed by atoms with E-state index in [1.165, 1.54) is 0 Å². The van der Waals surface area contributed by atoms with Crippen molar-refractivity contribution in [1.29, 1.82) is 0 Å². The summed E-state index contributed by atoms with van der Waals surface area (Å²) in [6.45, 7) is 7.83. The van der Waals surface area contributed by atoms with Crippen LogP contribution >= 0.6 is 11.6 Å². The molecule has 0 heterocycles. The standard InChI is InChI=1S/C14H22ClNO2/c1-5-6-16-9-11-7-12(15)8-13(17-4)14(11)18-10(2)3/h7-8,10,16H,5-6,9H2,1-4H3. The van der Waals surface area contributed by atoms with Crippen LogP contribution in [0.5, 0.6) is 11.5 Å². The van der Waals surface area contributed by atoms with Gasteiger partial charge in [0.15, 0.2) is 11.5 Å². The first kappa shape index (κ1) is 15.1. The summed E-state index contributed by atoms with van der Waals surface area (Å²) in [6, 6.07) is 3.70. The third-order valence-corrected chi connectivity index (χ3v) is 2.63. The second-order valence-electron chi connectivity index (χ2n) is 4.44. The fraction of sp³-hybridized carbons (Fsp3) is 0.571. The Balaban J connectivity index is 2.99. The monoisotopic (exact) mass is 271 g/mol. The Kier molecular flexibility index (Phi) is 6.30. The van der Waals surface area contributed by atoms with E-state index in [0.717, 1.165) is 30.8 Å². The molecule has 1 N–H and O–H groups in total. The van der Waals surface area contributed by atoms with Crippen LogP contribution in [0.1, 0.15) is 32.8 Å². The highest BCUT2D eigenvalue weighted by Crippen LogP contribution is 2.35. The van der Waals surface area contributed by atoms with Gasteiger partial charge in [0.25, 0.3) is 0 Å². The molecule has 102 valence electrons. The number of nitrogens with one attached hydrogen (secondary N) is 1. The summed E-state index contributed by atoms with van der Waals surface area (Å²) < 4.78 is 11.2. The number of rotatable bonds is 7. The molecular weight excluding hydrogens is 250 g/mol. The highest BCUT2D eigenvalue weighted by molar-refractivity contribution is 6.30. The fourth-order valence-corrected chi connectivity index (χ4v) is 1.91. The molecule has 1 aromatic rings. The maximum atomic E-state index is 6.09. The molecule has 0 atom stereocenters. The van der Waals surface area contributed by atoms with Crippen LogP contribution in [0.25, 0.3) is 0 Å². The van der Waals surface area contributed by atoms with E-state index in [-0.39, 0.29) is 6.10 Å². The van der Waals surface area contributed by atoms with E-state index in [2.05, 4.69) is 12.2 Å². The minimum Gasteiger partial charge on any atom is -0.493 e. The van der Waals surface area contributed by atoms with Gasteiger partial charge in [-0.2, -0.15) is 0 Å². The van der Waals surface area contributed by atoms with Crippen LogP contribution in [0.2, 0.25) is 5.02 Å². The first-order chi connectivity index (χ1) is 8.58. The van der Waals surface area contributed by atoms with E-state index in [9.17, 15) is 0 Å². The SMILES string of the molecule is CCCNCc1cc(Cl)cc(OC)c1OC(C)C. The number of hydrogen-bond donors (Lipinski definition) is 1. The zero-order valence-electron chi connectivity index (χ0n) is 11.5. The number of benzene rings is 1. The Bertz CT molecular complexity index is 380. The number of hydrogen-bond acceptors (Lipinski definition) is 3. The average molecular weight is 272 g/mol. The molecule has 0 bridgehead atoms. The first-order valence-electron chi connectivity index (χ1n) is 6.32. The van der Waals surface area contributed by atoms with Crippen LogP contribution in [-0.2, 0) is 6.54 Å². The molecule has 0 fully saturated rings. The number of methoxy groups -OCH3 is 1. The second kappa shape index (κ2) is 7.49. The van der Waals surface area contributed by atoms with Crippen LogP contribution in [-0.4, -0.2) is 19.8 Å². The predicted molar refractivity (Wildman–Crippen MR) is 75.8 cm³/mol. The summed E-state index contributed by atoms with van der Waals surface area (Å²) in [6.07, 6.45) is 1.20. The van der Waals surface area contributed by atoms with Gasteiger partial charge in [-0.15, -0.1) is 0 Å². The van der Waals surface area contributed by atoms with Crippen molar-refractivity contribution in [2.24, 2.45) is 0 Å². The number of halogens is 1. The molecule has 0 spiro atoms. The van der Waals surface area contributed by atoms with Gasteiger partial charge in [-0.3, -0.25) is 0 Å². The Morgan fingerprint density at radius 1 is 1.33 bits per heavy atom. The van der Waals surface area contributed by atoms with E-state index in [0.29, 0.717) is 10.8 Å². The Hall–Kier alpha value is -0.930. The van der Waals surface area contributed by atoms with Gasteiger partial charge in [0, 0.05) is 23.2 Å². The summed E-state index contributed by atoms with van der Waals surface area (Å²) >= 11 is 6.09. The van der Waals surface area contributed by atoms with Crippen molar-refractivity contribution in [2.75, 3.05) is 13.7 Å². The summed E-state index contributed by atoms with van der Waals surface area (Å²) in [5, 5.41) is 4.01. The van der Waals surface area contributed by atoms with Gasteiger partial charge in [0.1, 0.15) is 0 Å². The minimum absolute atomic E-state index is 0.102. The lowest BCUT2D eigenvalue weighted by Gasteiger charge is -2.18. The van der Waals surface area contributed by atoms with Gasteiger partial charge in [0.2, 0.25) is 0 Å². The molecule has 0 aromatic heterocycles. The molecule has 0 aliphatic carbocycles. The molecule has 3 nitrogen and oxygen atoms in total. The van der Waals surface area contributed by atoms with E-state index in [1.54, 1.807) is 13.2 Å². The van der Waals surface area contributed by atoms with Crippen molar-refractivity contribution < 1.29 is 9.47 Å². The summed E-state index contributed by atoms with van der Waals surface area (Å²) in [4.78, 5) is 0. The van der Waals surface area contributed by atoms with E-state index in [1.807, 2.05) is 19.9 Å². The third kappa shape index (κ3) is 4.39. The molecule has 4 heteroatoms. The topological polar surface area (TPSA) is 30.5 Å². The molecule has 0 amide bonds. The van der Waals surface area contributed by atoms with Crippen LogP contribution < -0.4 is 14.8 Å². The number of ether oxygens (including phenoxy) is 2. The van der Waals surface area contributed by atoms with Crippen LogP contribution in [0.3, 0.4) is 0 Å². The molecule has 0 unspecified atom stereocenters. The second-order valence-corrected chi connectivity index (χ2v) is 4.88. The lowest BCUT2D eigenvalue weighted by molar-refractivity contribution is 0.227. The largest absolute Gasteiger partial charge is 0.493 e. The molecule has 0 aliphatic rings. The normalized spacial score (nSPS) is 10.8. The van der Waals surface area contributed by atoms with Gasteiger partial charge >= 0.3 is 0 Å². The highest BCUT2D eigenvalue weighted by Gasteiger charge is 2.13. The first-order valence-corrected chi connectivity index (χ1v) is 6.70. The van der Waals surface area contributed by atoms with Crippen molar-refractivity contribution in [2.45, 2.75) is 39.8 Å². The predicted octanol–water partition coefficient (Wildman–Crippen LogP) is 3.64. The van der Waals surface area contributed by atoms with Gasteiger partial charge in [0.05, 0.1) is 13.2 Å². The van der Waals surface area contributed by atoms with Gasteiger partial charge in [-0.25, -0.2) is 0 Å². The van der Waals surface area contributed by atoms with Gasteiger partial charge in [-0.05, 0) is 32.9 Å². The minimum atomic E-state index is 0.102. The van der Waals surface area contributed by atoms with Crippen molar-refractivity contribution in [1.82, 2.24) is 5.32 Å². The quantitative estimate of drug-likeness (QED) is 0.768. The van der Waals surface area contributed by atoms with Crippen LogP contribution in [0.15, 0.2) is 12.1 Å². The lowest BCUT2D eigenvalue weighted by atomic mass is 10.1. The summed E-state index contributed by atoms with van der Waals surface area (Å²) in [7, 11) is 1.63.